The standard InChI is InChI=1S/C20H36N2O2/c1-15(2)18-10-9-16(3)12-14-22(18)19(23)11-13-21-20(24)17-7-5-4-6-8-17/h15-18H,4-14H2,1-3H3,(H,21,24). The van der Waals surface area contributed by atoms with Crippen molar-refractivity contribution >= 4 is 11.8 Å². The second kappa shape index (κ2) is 9.43. The molecule has 1 aliphatic heterocycles. The van der Waals surface area contributed by atoms with Crippen LogP contribution in [0.5, 0.6) is 0 Å². The molecule has 1 heterocycles. The number of likely N-dealkylation sites (tertiary alicyclic amines) is 1. The topological polar surface area (TPSA) is 49.4 Å². The van der Waals surface area contributed by atoms with E-state index in [4.69, 9.17) is 0 Å². The van der Waals surface area contributed by atoms with Crippen molar-refractivity contribution in [2.75, 3.05) is 13.1 Å². The van der Waals surface area contributed by atoms with E-state index >= 15 is 0 Å². The van der Waals surface area contributed by atoms with Crippen LogP contribution < -0.4 is 5.32 Å². The van der Waals surface area contributed by atoms with Crippen LogP contribution in [0.2, 0.25) is 0 Å². The highest BCUT2D eigenvalue weighted by atomic mass is 16.2. The van der Waals surface area contributed by atoms with Crippen LogP contribution in [0.15, 0.2) is 0 Å². The molecule has 0 aromatic heterocycles. The molecule has 0 aromatic carbocycles. The first-order chi connectivity index (χ1) is 11.5. The van der Waals surface area contributed by atoms with Gasteiger partial charge in [-0.2, -0.15) is 0 Å². The Hall–Kier alpha value is -1.06. The zero-order chi connectivity index (χ0) is 17.5. The van der Waals surface area contributed by atoms with Crippen molar-refractivity contribution in [2.24, 2.45) is 17.8 Å². The van der Waals surface area contributed by atoms with Crippen LogP contribution in [0.3, 0.4) is 0 Å². The SMILES string of the molecule is CC1CCC(C(C)C)N(C(=O)CCNC(=O)C2CCCCC2)CC1. The van der Waals surface area contributed by atoms with Crippen molar-refractivity contribution in [1.82, 2.24) is 10.2 Å². The molecular weight excluding hydrogens is 300 g/mol. The van der Waals surface area contributed by atoms with E-state index in [2.05, 4.69) is 31.0 Å². The lowest BCUT2D eigenvalue weighted by Gasteiger charge is -2.33. The number of nitrogens with zero attached hydrogens (tertiary/aromatic N) is 1. The maximum absolute atomic E-state index is 12.7. The van der Waals surface area contributed by atoms with Crippen molar-refractivity contribution in [2.45, 2.75) is 84.6 Å². The fourth-order valence-electron chi connectivity index (χ4n) is 4.23. The van der Waals surface area contributed by atoms with E-state index in [1.165, 1.54) is 25.7 Å². The van der Waals surface area contributed by atoms with Crippen LogP contribution in [0, 0.1) is 17.8 Å². The van der Waals surface area contributed by atoms with Gasteiger partial charge in [0, 0.05) is 31.5 Å². The Morgan fingerprint density at radius 3 is 2.42 bits per heavy atom. The van der Waals surface area contributed by atoms with Crippen LogP contribution in [0.4, 0.5) is 0 Å². The molecule has 1 aliphatic carbocycles. The van der Waals surface area contributed by atoms with E-state index in [0.717, 1.165) is 32.2 Å². The summed E-state index contributed by atoms with van der Waals surface area (Å²) in [6, 6.07) is 0.358. The van der Waals surface area contributed by atoms with Crippen LogP contribution in [0.25, 0.3) is 0 Å². The van der Waals surface area contributed by atoms with Gasteiger partial charge in [0.2, 0.25) is 11.8 Å². The van der Waals surface area contributed by atoms with Crippen molar-refractivity contribution in [3.05, 3.63) is 0 Å². The fourth-order valence-corrected chi connectivity index (χ4v) is 4.23. The summed E-state index contributed by atoms with van der Waals surface area (Å²) in [4.78, 5) is 27.0. The molecule has 4 heteroatoms. The van der Waals surface area contributed by atoms with E-state index in [9.17, 15) is 9.59 Å². The summed E-state index contributed by atoms with van der Waals surface area (Å²) in [6.45, 7) is 8.08. The maximum atomic E-state index is 12.7. The molecule has 1 saturated heterocycles. The molecule has 0 spiro atoms. The second-order valence-electron chi connectivity index (χ2n) is 8.25. The molecule has 1 saturated carbocycles. The minimum absolute atomic E-state index is 0.160. The van der Waals surface area contributed by atoms with Crippen LogP contribution in [0.1, 0.15) is 78.6 Å². The monoisotopic (exact) mass is 336 g/mol. The highest BCUT2D eigenvalue weighted by Crippen LogP contribution is 2.26. The summed E-state index contributed by atoms with van der Waals surface area (Å²) in [5.41, 5.74) is 0. The van der Waals surface area contributed by atoms with E-state index < -0.39 is 0 Å². The van der Waals surface area contributed by atoms with Gasteiger partial charge < -0.3 is 10.2 Å². The molecule has 0 radical (unpaired) electrons. The number of hydrogen-bond donors (Lipinski definition) is 1. The average Bonchev–Trinajstić information content (AvgIpc) is 2.77. The zero-order valence-corrected chi connectivity index (χ0v) is 15.9. The molecule has 4 nitrogen and oxygen atoms in total. The molecule has 24 heavy (non-hydrogen) atoms. The van der Waals surface area contributed by atoms with E-state index in [1.807, 2.05) is 0 Å². The van der Waals surface area contributed by atoms with Gasteiger partial charge in [0.05, 0.1) is 0 Å². The third-order valence-electron chi connectivity index (χ3n) is 5.92. The largest absolute Gasteiger partial charge is 0.355 e. The molecule has 2 atom stereocenters. The van der Waals surface area contributed by atoms with Crippen molar-refractivity contribution < 1.29 is 9.59 Å². The Morgan fingerprint density at radius 2 is 1.75 bits per heavy atom. The van der Waals surface area contributed by atoms with Crippen molar-refractivity contribution in [3.8, 4) is 0 Å². The second-order valence-corrected chi connectivity index (χ2v) is 8.25. The number of carbonyl (C=O) groups excluding carboxylic acids is 2. The first-order valence-electron chi connectivity index (χ1n) is 10.1. The summed E-state index contributed by atoms with van der Waals surface area (Å²) in [5, 5.41) is 3.00. The Morgan fingerprint density at radius 1 is 1.04 bits per heavy atom. The molecule has 0 bridgehead atoms. The molecule has 0 aromatic rings. The quantitative estimate of drug-likeness (QED) is 0.831. The van der Waals surface area contributed by atoms with E-state index in [0.29, 0.717) is 30.8 Å². The average molecular weight is 337 g/mol. The first-order valence-corrected chi connectivity index (χ1v) is 10.1. The molecule has 1 N–H and O–H groups in total. The molecule has 138 valence electrons. The normalized spacial score (nSPS) is 26.2. The summed E-state index contributed by atoms with van der Waals surface area (Å²) >= 11 is 0. The number of rotatable bonds is 5. The predicted molar refractivity (Wildman–Crippen MR) is 97.6 cm³/mol. The smallest absolute Gasteiger partial charge is 0.224 e. The maximum Gasteiger partial charge on any atom is 0.224 e. The van der Waals surface area contributed by atoms with Gasteiger partial charge >= 0.3 is 0 Å². The molecule has 2 amide bonds. The van der Waals surface area contributed by atoms with Gasteiger partial charge in [-0.25, -0.2) is 0 Å². The first kappa shape index (κ1) is 19.3. The highest BCUT2D eigenvalue weighted by molar-refractivity contribution is 5.80. The summed E-state index contributed by atoms with van der Waals surface area (Å²) < 4.78 is 0. The lowest BCUT2D eigenvalue weighted by atomic mass is 9.89. The van der Waals surface area contributed by atoms with Gasteiger partial charge in [0.1, 0.15) is 0 Å². The van der Waals surface area contributed by atoms with Gasteiger partial charge in [-0.05, 0) is 43.9 Å². The van der Waals surface area contributed by atoms with Crippen molar-refractivity contribution in [1.29, 1.82) is 0 Å². The van der Waals surface area contributed by atoms with Crippen LogP contribution in [-0.2, 0) is 9.59 Å². The lowest BCUT2D eigenvalue weighted by molar-refractivity contribution is -0.134. The van der Waals surface area contributed by atoms with Crippen LogP contribution >= 0.6 is 0 Å². The Bertz CT molecular complexity index is 416. The Labute approximate surface area is 147 Å². The fraction of sp³-hybridized carbons (Fsp3) is 0.900. The molecular formula is C20H36N2O2. The highest BCUT2D eigenvalue weighted by Gasteiger charge is 2.29. The lowest BCUT2D eigenvalue weighted by Crippen LogP contribution is -2.44. The number of carbonyl (C=O) groups is 2. The van der Waals surface area contributed by atoms with E-state index in [1.54, 1.807) is 0 Å². The molecule has 2 aliphatic rings. The summed E-state index contributed by atoms with van der Waals surface area (Å²) in [5.74, 6) is 1.75. The summed E-state index contributed by atoms with van der Waals surface area (Å²) in [6.07, 6.45) is 9.48. The number of amides is 2. The minimum Gasteiger partial charge on any atom is -0.355 e. The van der Waals surface area contributed by atoms with Crippen molar-refractivity contribution in [3.63, 3.8) is 0 Å². The van der Waals surface area contributed by atoms with Gasteiger partial charge in [0.25, 0.3) is 0 Å². The Kier molecular flexibility index (Phi) is 7.57. The van der Waals surface area contributed by atoms with Gasteiger partial charge in [-0.1, -0.05) is 40.0 Å². The van der Waals surface area contributed by atoms with Gasteiger partial charge in [-0.3, -0.25) is 9.59 Å². The van der Waals surface area contributed by atoms with Gasteiger partial charge in [-0.15, -0.1) is 0 Å². The zero-order valence-electron chi connectivity index (χ0n) is 15.9. The predicted octanol–water partition coefficient (Wildman–Crippen LogP) is 3.75. The third-order valence-corrected chi connectivity index (χ3v) is 5.92. The van der Waals surface area contributed by atoms with Gasteiger partial charge in [0.15, 0.2) is 0 Å². The molecule has 2 rings (SSSR count). The molecule has 2 fully saturated rings. The summed E-state index contributed by atoms with van der Waals surface area (Å²) in [7, 11) is 0. The number of hydrogen-bond acceptors (Lipinski definition) is 2. The van der Waals surface area contributed by atoms with E-state index in [-0.39, 0.29) is 17.7 Å². The third kappa shape index (κ3) is 5.49. The minimum atomic E-state index is 0.160. The molecule has 2 unspecified atom stereocenters. The number of nitrogens with one attached hydrogen (secondary N) is 1. The van der Waals surface area contributed by atoms with Crippen LogP contribution in [-0.4, -0.2) is 35.8 Å². The Balaban J connectivity index is 1.80.